The Morgan fingerprint density at radius 2 is 1.33 bits per heavy atom. The van der Waals surface area contributed by atoms with Crippen molar-refractivity contribution in [2.45, 2.75) is 0 Å². The zero-order valence-corrected chi connectivity index (χ0v) is 11.9. The van der Waals surface area contributed by atoms with E-state index in [1.165, 1.54) is 12.2 Å². The van der Waals surface area contributed by atoms with Crippen LogP contribution in [0.15, 0.2) is 66.7 Å². The first kappa shape index (κ1) is 13.4. The largest absolute Gasteiger partial charge is 0.417 e. The molecule has 0 bridgehead atoms. The van der Waals surface area contributed by atoms with Crippen LogP contribution in [0, 0.1) is 0 Å². The van der Waals surface area contributed by atoms with Crippen LogP contribution >= 0.6 is 7.80 Å². The van der Waals surface area contributed by atoms with Gasteiger partial charge in [0.05, 0.1) is 0 Å². The van der Waals surface area contributed by atoms with Gasteiger partial charge >= 0.3 is 7.80 Å². The monoisotopic (exact) mass is 296 g/mol. The van der Waals surface area contributed by atoms with Crippen LogP contribution in [0.1, 0.15) is 0 Å². The minimum absolute atomic E-state index is 0.377. The average Bonchev–Trinajstić information content (AvgIpc) is 2.86. The smallest absolute Gasteiger partial charge is 0.269 e. The van der Waals surface area contributed by atoms with Gasteiger partial charge in [-0.2, -0.15) is 0 Å². The number of carbonyl (C=O) groups excluding carboxylic acids is 2. The van der Waals surface area contributed by atoms with Crippen molar-refractivity contribution >= 4 is 35.9 Å². The van der Waals surface area contributed by atoms with Crippen molar-refractivity contribution in [1.82, 2.24) is 0 Å². The van der Waals surface area contributed by atoms with Crippen molar-refractivity contribution in [3.05, 3.63) is 66.7 Å². The lowest BCUT2D eigenvalue weighted by Crippen LogP contribution is -2.33. The number of imide groups is 1. The normalized spacial score (nSPS) is 14.7. The Balaban J connectivity index is 2.07. The lowest BCUT2D eigenvalue weighted by atomic mass is 10.3. The molecule has 0 N–H and O–H groups in total. The molecule has 102 valence electrons. The number of hydrogen-bond acceptors (Lipinski definition) is 3. The lowest BCUT2D eigenvalue weighted by molar-refractivity contribution is -0.119. The summed E-state index contributed by atoms with van der Waals surface area (Å²) in [5, 5.41) is 1.14. The molecule has 1 atom stereocenters. The molecule has 0 spiro atoms. The van der Waals surface area contributed by atoms with Gasteiger partial charge in [-0.3, -0.25) is 9.59 Å². The van der Waals surface area contributed by atoms with E-state index in [-0.39, 0.29) is 0 Å². The summed E-state index contributed by atoms with van der Waals surface area (Å²) in [6.45, 7) is 0. The van der Waals surface area contributed by atoms with E-state index in [0.29, 0.717) is 16.3 Å². The number of para-hydroxylation sites is 1. The number of rotatable bonds is 3. The van der Waals surface area contributed by atoms with Gasteiger partial charge in [0, 0.05) is 12.2 Å². The predicted molar refractivity (Wildman–Crippen MR) is 81.4 cm³/mol. The van der Waals surface area contributed by atoms with Gasteiger partial charge in [-0.15, -0.1) is 0 Å². The van der Waals surface area contributed by atoms with Gasteiger partial charge < -0.3 is 0 Å². The molecular weight excluding hydrogens is 285 g/mol. The molecule has 2 aromatic carbocycles. The maximum atomic E-state index is 12.7. The van der Waals surface area contributed by atoms with Crippen LogP contribution in [0.25, 0.3) is 0 Å². The van der Waals surface area contributed by atoms with Crippen molar-refractivity contribution in [2.24, 2.45) is 0 Å². The van der Waals surface area contributed by atoms with Gasteiger partial charge in [0.15, 0.2) is 5.30 Å². The molecule has 21 heavy (non-hydrogen) atoms. The van der Waals surface area contributed by atoms with Crippen LogP contribution < -0.4 is 15.5 Å². The summed E-state index contributed by atoms with van der Waals surface area (Å²) >= 11 is 0. The zero-order valence-electron chi connectivity index (χ0n) is 11.0. The van der Waals surface area contributed by atoms with Crippen LogP contribution in [0.3, 0.4) is 0 Å². The van der Waals surface area contributed by atoms with Crippen LogP contribution in [-0.2, 0) is 14.2 Å². The third kappa shape index (κ3) is 2.41. The maximum absolute atomic E-state index is 12.7. The Kier molecular flexibility index (Phi) is 3.46. The maximum Gasteiger partial charge on any atom is 0.417 e. The van der Waals surface area contributed by atoms with E-state index in [0.717, 1.165) is 4.90 Å². The molecule has 1 unspecified atom stereocenters. The number of carbonyl (C=O) groups is 2. The van der Waals surface area contributed by atoms with E-state index < -0.39 is 19.6 Å². The fourth-order valence-corrected chi connectivity index (χ4v) is 3.49. The molecular formula is C16H11NO3P+. The molecule has 5 heteroatoms. The van der Waals surface area contributed by atoms with Gasteiger partial charge in [0.25, 0.3) is 11.8 Å². The molecule has 1 aliphatic heterocycles. The minimum atomic E-state index is -1.87. The van der Waals surface area contributed by atoms with Gasteiger partial charge in [-0.25, -0.2) is 4.90 Å². The number of benzene rings is 2. The Hall–Kier alpha value is -2.58. The van der Waals surface area contributed by atoms with Crippen molar-refractivity contribution in [3.8, 4) is 0 Å². The van der Waals surface area contributed by atoms with Crippen LogP contribution in [-0.4, -0.2) is 11.8 Å². The first-order valence-electron chi connectivity index (χ1n) is 6.36. The molecule has 0 fully saturated rings. The SMILES string of the molecule is O=C1C=CC(=O)N1c1ccccc1[P+](=O)c1ccccc1. The third-order valence-electron chi connectivity index (χ3n) is 3.14. The Labute approximate surface area is 122 Å². The van der Waals surface area contributed by atoms with Gasteiger partial charge in [-0.1, -0.05) is 34.9 Å². The molecule has 0 aromatic heterocycles. The molecule has 3 rings (SSSR count). The standard InChI is InChI=1S/C16H11NO3P/c18-15-10-11-16(19)17(15)13-8-4-5-9-14(13)21(20)12-6-2-1-3-7-12/h1-11H/q+1. The fourth-order valence-electron chi connectivity index (χ4n) is 2.17. The van der Waals surface area contributed by atoms with Crippen molar-refractivity contribution in [2.75, 3.05) is 4.90 Å². The predicted octanol–water partition coefficient (Wildman–Crippen LogP) is 1.89. The van der Waals surface area contributed by atoms with E-state index >= 15 is 0 Å². The highest BCUT2D eigenvalue weighted by Gasteiger charge is 2.34. The second kappa shape index (κ2) is 5.43. The van der Waals surface area contributed by atoms with E-state index in [1.807, 2.05) is 6.07 Å². The van der Waals surface area contributed by atoms with Gasteiger partial charge in [0.1, 0.15) is 5.69 Å². The van der Waals surface area contributed by atoms with Crippen LogP contribution in [0.4, 0.5) is 5.69 Å². The summed E-state index contributed by atoms with van der Waals surface area (Å²) in [4.78, 5) is 24.7. The van der Waals surface area contributed by atoms with E-state index in [9.17, 15) is 14.2 Å². The van der Waals surface area contributed by atoms with Crippen LogP contribution in [0.2, 0.25) is 0 Å². The molecule has 1 aliphatic rings. The molecule has 0 radical (unpaired) electrons. The highest BCUT2D eigenvalue weighted by molar-refractivity contribution is 7.61. The molecule has 2 amide bonds. The summed E-state index contributed by atoms with van der Waals surface area (Å²) in [7, 11) is -1.87. The quantitative estimate of drug-likeness (QED) is 0.642. The number of anilines is 1. The van der Waals surface area contributed by atoms with E-state index in [2.05, 4.69) is 0 Å². The Morgan fingerprint density at radius 1 is 0.762 bits per heavy atom. The lowest BCUT2D eigenvalue weighted by Gasteiger charge is -2.13. The number of nitrogens with zero attached hydrogens (tertiary/aromatic N) is 1. The van der Waals surface area contributed by atoms with Crippen molar-refractivity contribution in [3.63, 3.8) is 0 Å². The number of amides is 2. The summed E-state index contributed by atoms with van der Waals surface area (Å²) in [5.41, 5.74) is 0.377. The summed E-state index contributed by atoms with van der Waals surface area (Å²) in [6, 6.07) is 15.8. The van der Waals surface area contributed by atoms with E-state index in [1.54, 1.807) is 48.5 Å². The second-order valence-corrected chi connectivity index (χ2v) is 6.05. The summed E-state index contributed by atoms with van der Waals surface area (Å²) in [6.07, 6.45) is 2.43. The van der Waals surface area contributed by atoms with Crippen molar-refractivity contribution in [1.29, 1.82) is 0 Å². The average molecular weight is 296 g/mol. The first-order valence-corrected chi connectivity index (χ1v) is 7.62. The van der Waals surface area contributed by atoms with Gasteiger partial charge in [-0.05, 0) is 24.3 Å². The Bertz CT molecular complexity index is 750. The topological polar surface area (TPSA) is 54.5 Å². The Morgan fingerprint density at radius 3 is 2.00 bits per heavy atom. The number of hydrogen-bond donors (Lipinski definition) is 0. The highest BCUT2D eigenvalue weighted by atomic mass is 31.1. The highest BCUT2D eigenvalue weighted by Crippen LogP contribution is 2.27. The summed E-state index contributed by atoms with van der Waals surface area (Å²) < 4.78 is 12.7. The molecule has 0 saturated carbocycles. The van der Waals surface area contributed by atoms with Gasteiger partial charge in [0.2, 0.25) is 5.30 Å². The molecule has 0 aliphatic carbocycles. The molecule has 2 aromatic rings. The third-order valence-corrected chi connectivity index (χ3v) is 4.72. The zero-order chi connectivity index (χ0) is 14.8. The molecule has 0 saturated heterocycles. The van der Waals surface area contributed by atoms with Crippen molar-refractivity contribution < 1.29 is 14.2 Å². The molecule has 4 nitrogen and oxygen atoms in total. The molecule has 1 heterocycles. The fraction of sp³-hybridized carbons (Fsp3) is 0. The summed E-state index contributed by atoms with van der Waals surface area (Å²) in [5.74, 6) is -0.826. The van der Waals surface area contributed by atoms with E-state index in [4.69, 9.17) is 0 Å². The first-order chi connectivity index (χ1) is 10.2. The minimum Gasteiger partial charge on any atom is -0.269 e. The second-order valence-electron chi connectivity index (χ2n) is 4.46. The van der Waals surface area contributed by atoms with Crippen LogP contribution in [0.5, 0.6) is 0 Å².